The molecular formula is C18H13F2N5O2S. The molecule has 0 fully saturated rings. The molecule has 0 spiro atoms. The number of anilines is 2. The molecule has 4 rings (SSSR count). The van der Waals surface area contributed by atoms with Crippen molar-refractivity contribution in [2.75, 3.05) is 4.90 Å². The number of hydrogen-bond acceptors (Lipinski definition) is 6. The predicted molar refractivity (Wildman–Crippen MR) is 99.1 cm³/mol. The van der Waals surface area contributed by atoms with Gasteiger partial charge in [0.1, 0.15) is 28.0 Å². The summed E-state index contributed by atoms with van der Waals surface area (Å²) in [4.78, 5) is 17.4. The van der Waals surface area contributed by atoms with Crippen LogP contribution >= 0.6 is 11.3 Å². The number of hydrogen-bond donors (Lipinski definition) is 0. The minimum Gasteiger partial charge on any atom is -0.339 e. The van der Waals surface area contributed by atoms with Crippen LogP contribution in [0.1, 0.15) is 5.89 Å². The fourth-order valence-corrected chi connectivity index (χ4v) is 3.76. The SMILES string of the molecule is Cc1nc(-c2cc(-c3ccc(N(C=O)c4c(F)cccc4F)s3)n(C)n2)no1. The Labute approximate surface area is 161 Å². The number of carbonyl (C=O) groups excluding carboxylic acids is 1. The Hall–Kier alpha value is -3.40. The fraction of sp³-hybridized carbons (Fsp3) is 0.111. The van der Waals surface area contributed by atoms with Gasteiger partial charge in [-0.3, -0.25) is 14.4 Å². The number of rotatable bonds is 5. The molecule has 0 saturated heterocycles. The maximum atomic E-state index is 14.1. The Kier molecular flexibility index (Phi) is 4.47. The Morgan fingerprint density at radius 1 is 1.21 bits per heavy atom. The van der Waals surface area contributed by atoms with Crippen LogP contribution < -0.4 is 4.90 Å². The zero-order chi connectivity index (χ0) is 19.8. The van der Waals surface area contributed by atoms with Crippen molar-refractivity contribution in [3.05, 3.63) is 53.9 Å². The summed E-state index contributed by atoms with van der Waals surface area (Å²) in [6.45, 7) is 1.68. The molecule has 0 atom stereocenters. The molecule has 0 aliphatic rings. The van der Waals surface area contributed by atoms with Crippen molar-refractivity contribution >= 4 is 28.4 Å². The molecule has 0 aliphatic heterocycles. The van der Waals surface area contributed by atoms with Gasteiger partial charge in [-0.05, 0) is 30.3 Å². The number of benzene rings is 1. The summed E-state index contributed by atoms with van der Waals surface area (Å²) in [5.41, 5.74) is 0.837. The molecule has 0 saturated carbocycles. The van der Waals surface area contributed by atoms with E-state index in [1.165, 1.54) is 17.4 Å². The van der Waals surface area contributed by atoms with E-state index in [4.69, 9.17) is 4.52 Å². The topological polar surface area (TPSA) is 77.1 Å². The fourth-order valence-electron chi connectivity index (χ4n) is 2.74. The number of aryl methyl sites for hydroxylation is 2. The van der Waals surface area contributed by atoms with Crippen molar-refractivity contribution in [1.29, 1.82) is 0 Å². The second kappa shape index (κ2) is 6.97. The summed E-state index contributed by atoms with van der Waals surface area (Å²) in [7, 11) is 1.75. The van der Waals surface area contributed by atoms with Crippen LogP contribution in [0.4, 0.5) is 19.5 Å². The molecule has 3 aromatic heterocycles. The molecule has 1 aromatic carbocycles. The standard InChI is InChI=1S/C18H13F2N5O2S/c1-10-21-18(23-27-10)13-8-14(24(2)22-13)15-6-7-16(28-15)25(9-26)17-11(19)4-3-5-12(17)20/h3-9H,1-2H3. The first-order valence-corrected chi connectivity index (χ1v) is 8.93. The molecule has 7 nitrogen and oxygen atoms in total. The third-order valence-electron chi connectivity index (χ3n) is 4.00. The van der Waals surface area contributed by atoms with E-state index in [1.807, 2.05) is 0 Å². The molecule has 0 N–H and O–H groups in total. The molecule has 0 unspecified atom stereocenters. The number of thiophene rings is 1. The quantitative estimate of drug-likeness (QED) is 0.471. The van der Waals surface area contributed by atoms with E-state index in [2.05, 4.69) is 15.2 Å². The molecule has 3 heterocycles. The molecule has 0 aliphatic carbocycles. The van der Waals surface area contributed by atoms with Gasteiger partial charge in [0, 0.05) is 14.0 Å². The van der Waals surface area contributed by atoms with Crippen LogP contribution in [0.15, 0.2) is 40.9 Å². The van der Waals surface area contributed by atoms with Gasteiger partial charge in [0.2, 0.25) is 18.1 Å². The third kappa shape index (κ3) is 3.07. The van der Waals surface area contributed by atoms with Gasteiger partial charge >= 0.3 is 0 Å². The normalized spacial score (nSPS) is 11.0. The summed E-state index contributed by atoms with van der Waals surface area (Å²) in [5.74, 6) is -0.858. The maximum Gasteiger partial charge on any atom is 0.223 e. The second-order valence-electron chi connectivity index (χ2n) is 5.86. The van der Waals surface area contributed by atoms with Gasteiger partial charge in [-0.25, -0.2) is 8.78 Å². The van der Waals surface area contributed by atoms with Crippen molar-refractivity contribution < 1.29 is 18.1 Å². The van der Waals surface area contributed by atoms with E-state index >= 15 is 0 Å². The van der Waals surface area contributed by atoms with E-state index < -0.39 is 17.3 Å². The Morgan fingerprint density at radius 3 is 2.61 bits per heavy atom. The lowest BCUT2D eigenvalue weighted by molar-refractivity contribution is -0.106. The lowest BCUT2D eigenvalue weighted by atomic mass is 10.2. The number of carbonyl (C=O) groups is 1. The first-order valence-electron chi connectivity index (χ1n) is 8.11. The van der Waals surface area contributed by atoms with Crippen LogP contribution in [0.25, 0.3) is 22.1 Å². The number of nitrogens with zero attached hydrogens (tertiary/aromatic N) is 5. The molecule has 142 valence electrons. The Bertz CT molecular complexity index is 1150. The molecule has 0 bridgehead atoms. The van der Waals surface area contributed by atoms with Crippen molar-refractivity contribution in [3.63, 3.8) is 0 Å². The highest BCUT2D eigenvalue weighted by Gasteiger charge is 2.21. The molecule has 10 heteroatoms. The van der Waals surface area contributed by atoms with Crippen LogP contribution in [0, 0.1) is 18.6 Å². The highest BCUT2D eigenvalue weighted by molar-refractivity contribution is 7.19. The summed E-state index contributed by atoms with van der Waals surface area (Å²) in [6.07, 6.45) is 0.383. The number of para-hydroxylation sites is 1. The van der Waals surface area contributed by atoms with Gasteiger partial charge in [-0.15, -0.1) is 11.3 Å². The molecule has 4 aromatic rings. The zero-order valence-electron chi connectivity index (χ0n) is 14.8. The van der Waals surface area contributed by atoms with E-state index in [-0.39, 0.29) is 0 Å². The molecule has 0 radical (unpaired) electrons. The monoisotopic (exact) mass is 401 g/mol. The Balaban J connectivity index is 1.71. The summed E-state index contributed by atoms with van der Waals surface area (Å²) < 4.78 is 34.8. The highest BCUT2D eigenvalue weighted by atomic mass is 32.1. The average Bonchev–Trinajstić information content (AvgIpc) is 3.38. The van der Waals surface area contributed by atoms with Crippen molar-refractivity contribution in [2.24, 2.45) is 7.05 Å². The van der Waals surface area contributed by atoms with Gasteiger partial charge in [0.25, 0.3) is 0 Å². The number of aromatic nitrogens is 4. The van der Waals surface area contributed by atoms with Crippen molar-refractivity contribution in [1.82, 2.24) is 19.9 Å². The first-order chi connectivity index (χ1) is 13.5. The molecular weight excluding hydrogens is 388 g/mol. The smallest absolute Gasteiger partial charge is 0.223 e. The largest absolute Gasteiger partial charge is 0.339 e. The second-order valence-corrected chi connectivity index (χ2v) is 6.92. The molecule has 1 amide bonds. The van der Waals surface area contributed by atoms with E-state index in [1.54, 1.807) is 36.9 Å². The summed E-state index contributed by atoms with van der Waals surface area (Å²) >= 11 is 1.20. The van der Waals surface area contributed by atoms with Crippen LogP contribution in [0.3, 0.4) is 0 Å². The van der Waals surface area contributed by atoms with Crippen molar-refractivity contribution in [3.8, 4) is 22.1 Å². The van der Waals surface area contributed by atoms with Crippen LogP contribution in [-0.2, 0) is 11.8 Å². The minimum atomic E-state index is -0.822. The van der Waals surface area contributed by atoms with Gasteiger partial charge in [-0.1, -0.05) is 11.2 Å². The average molecular weight is 401 g/mol. The third-order valence-corrected chi connectivity index (χ3v) is 5.11. The van der Waals surface area contributed by atoms with E-state index in [0.717, 1.165) is 27.6 Å². The minimum absolute atomic E-state index is 0.360. The van der Waals surface area contributed by atoms with Gasteiger partial charge < -0.3 is 4.52 Å². The number of amides is 1. The predicted octanol–water partition coefficient (Wildman–Crippen LogP) is 4.08. The number of halogens is 2. The van der Waals surface area contributed by atoms with Gasteiger partial charge in [0.05, 0.1) is 10.6 Å². The maximum absolute atomic E-state index is 14.1. The zero-order valence-corrected chi connectivity index (χ0v) is 15.6. The Morgan fingerprint density at radius 2 is 1.96 bits per heavy atom. The lowest BCUT2D eigenvalue weighted by Gasteiger charge is -2.16. The molecule has 28 heavy (non-hydrogen) atoms. The van der Waals surface area contributed by atoms with Crippen LogP contribution in [0.2, 0.25) is 0 Å². The summed E-state index contributed by atoms with van der Waals surface area (Å²) in [6, 6.07) is 8.58. The van der Waals surface area contributed by atoms with Gasteiger partial charge in [0.15, 0.2) is 0 Å². The van der Waals surface area contributed by atoms with E-state index in [9.17, 15) is 13.6 Å². The summed E-state index contributed by atoms with van der Waals surface area (Å²) in [5, 5.41) is 8.58. The highest BCUT2D eigenvalue weighted by Crippen LogP contribution is 2.38. The first kappa shape index (κ1) is 18.0. The lowest BCUT2D eigenvalue weighted by Crippen LogP contribution is -2.15. The van der Waals surface area contributed by atoms with Crippen molar-refractivity contribution in [2.45, 2.75) is 6.92 Å². The van der Waals surface area contributed by atoms with Crippen LogP contribution in [-0.4, -0.2) is 26.3 Å². The van der Waals surface area contributed by atoms with Gasteiger partial charge in [-0.2, -0.15) is 10.1 Å². The van der Waals surface area contributed by atoms with E-state index in [0.29, 0.717) is 28.8 Å². The van der Waals surface area contributed by atoms with Crippen LogP contribution in [0.5, 0.6) is 0 Å².